The monoisotopic (exact) mass is 499 g/mol. The van der Waals surface area contributed by atoms with Gasteiger partial charge >= 0.3 is 6.18 Å². The summed E-state index contributed by atoms with van der Waals surface area (Å²) in [5.41, 5.74) is 1.58. The van der Waals surface area contributed by atoms with Gasteiger partial charge in [0.15, 0.2) is 0 Å². The highest BCUT2D eigenvalue weighted by Gasteiger charge is 2.30. The predicted molar refractivity (Wildman–Crippen MR) is 117 cm³/mol. The SMILES string of the molecule is O=C(Cc1cc(Cl)ccc1F)Cc1cc(S(=O)(=O)NCC(F)(F)F)ccc1-c1ccccc1. The molecule has 0 aliphatic carbocycles. The van der Waals surface area contributed by atoms with Crippen LogP contribution in [0.5, 0.6) is 0 Å². The van der Waals surface area contributed by atoms with Gasteiger partial charge < -0.3 is 0 Å². The lowest BCUT2D eigenvalue weighted by Gasteiger charge is -2.14. The van der Waals surface area contributed by atoms with Gasteiger partial charge in [0, 0.05) is 17.9 Å². The first-order chi connectivity index (χ1) is 15.4. The fourth-order valence-corrected chi connectivity index (χ4v) is 4.47. The zero-order valence-electron chi connectivity index (χ0n) is 17.0. The van der Waals surface area contributed by atoms with Crippen LogP contribution in [0.15, 0.2) is 71.6 Å². The van der Waals surface area contributed by atoms with Crippen molar-refractivity contribution in [2.75, 3.05) is 6.54 Å². The van der Waals surface area contributed by atoms with Gasteiger partial charge in [0.05, 0.1) is 4.90 Å². The fourth-order valence-electron chi connectivity index (χ4n) is 3.21. The summed E-state index contributed by atoms with van der Waals surface area (Å²) in [5, 5.41) is 0.257. The molecule has 10 heteroatoms. The van der Waals surface area contributed by atoms with Crippen LogP contribution in [0.4, 0.5) is 17.6 Å². The fraction of sp³-hybridized carbons (Fsp3) is 0.174. The molecule has 0 aromatic heterocycles. The normalized spacial score (nSPS) is 12.0. The van der Waals surface area contributed by atoms with Gasteiger partial charge in [0.25, 0.3) is 0 Å². The number of ketones is 1. The first-order valence-corrected chi connectivity index (χ1v) is 11.5. The van der Waals surface area contributed by atoms with E-state index in [1.54, 1.807) is 30.3 Å². The second-order valence-electron chi connectivity index (χ2n) is 7.25. The van der Waals surface area contributed by atoms with E-state index in [1.807, 2.05) is 0 Å². The molecule has 0 saturated heterocycles. The number of alkyl halides is 3. The minimum Gasteiger partial charge on any atom is -0.299 e. The van der Waals surface area contributed by atoms with Crippen molar-refractivity contribution in [1.29, 1.82) is 0 Å². The maximum atomic E-state index is 14.0. The number of rotatable bonds is 8. The van der Waals surface area contributed by atoms with Gasteiger partial charge in [-0.15, -0.1) is 0 Å². The number of hydrogen-bond acceptors (Lipinski definition) is 3. The largest absolute Gasteiger partial charge is 0.402 e. The molecule has 174 valence electrons. The molecule has 0 radical (unpaired) electrons. The van der Waals surface area contributed by atoms with Crippen molar-refractivity contribution in [1.82, 2.24) is 4.72 Å². The molecule has 3 rings (SSSR count). The molecule has 0 aliphatic rings. The van der Waals surface area contributed by atoms with Gasteiger partial charge in [-0.2, -0.15) is 13.2 Å². The molecule has 0 aliphatic heterocycles. The molecule has 1 N–H and O–H groups in total. The number of halogens is 5. The third-order valence-electron chi connectivity index (χ3n) is 4.72. The number of carbonyl (C=O) groups is 1. The van der Waals surface area contributed by atoms with E-state index < -0.39 is 39.2 Å². The minimum absolute atomic E-state index is 0.0874. The Kier molecular flexibility index (Phi) is 7.56. The van der Waals surface area contributed by atoms with E-state index in [0.717, 1.165) is 12.1 Å². The van der Waals surface area contributed by atoms with E-state index in [0.29, 0.717) is 11.1 Å². The summed E-state index contributed by atoms with van der Waals surface area (Å²) in [6, 6.07) is 16.3. The van der Waals surface area contributed by atoms with E-state index in [1.165, 1.54) is 29.0 Å². The van der Waals surface area contributed by atoms with Crippen LogP contribution in [-0.4, -0.2) is 26.9 Å². The molecule has 0 atom stereocenters. The molecule has 3 aromatic carbocycles. The molecular formula is C23H18ClF4NO3S. The third kappa shape index (κ3) is 6.86. The third-order valence-corrected chi connectivity index (χ3v) is 6.35. The Bertz CT molecular complexity index is 1260. The van der Waals surface area contributed by atoms with Crippen molar-refractivity contribution in [2.24, 2.45) is 0 Å². The molecule has 33 heavy (non-hydrogen) atoms. The van der Waals surface area contributed by atoms with E-state index in [4.69, 9.17) is 11.6 Å². The van der Waals surface area contributed by atoms with Crippen LogP contribution < -0.4 is 4.72 Å². The Morgan fingerprint density at radius 1 is 0.909 bits per heavy atom. The topological polar surface area (TPSA) is 63.2 Å². The second kappa shape index (κ2) is 10.0. The number of Topliss-reactive ketones (excluding diaryl/α,β-unsaturated/α-hetero) is 1. The molecule has 0 unspecified atom stereocenters. The maximum Gasteiger partial charge on any atom is 0.402 e. The first-order valence-electron chi connectivity index (χ1n) is 9.65. The maximum absolute atomic E-state index is 14.0. The van der Waals surface area contributed by atoms with Crippen LogP contribution >= 0.6 is 11.6 Å². The zero-order chi connectivity index (χ0) is 24.2. The number of nitrogens with one attached hydrogen (secondary N) is 1. The van der Waals surface area contributed by atoms with Crippen molar-refractivity contribution in [3.8, 4) is 11.1 Å². The van der Waals surface area contributed by atoms with Gasteiger partial charge in [0.2, 0.25) is 10.0 Å². The van der Waals surface area contributed by atoms with Gasteiger partial charge in [-0.05, 0) is 52.6 Å². The highest BCUT2D eigenvalue weighted by atomic mass is 35.5. The summed E-state index contributed by atoms with van der Waals surface area (Å²) in [5.74, 6) is -1.03. The minimum atomic E-state index is -4.73. The Morgan fingerprint density at radius 3 is 2.24 bits per heavy atom. The Balaban J connectivity index is 1.95. The molecule has 0 heterocycles. The van der Waals surface area contributed by atoms with Crippen LogP contribution in [-0.2, 0) is 27.7 Å². The second-order valence-corrected chi connectivity index (χ2v) is 9.46. The summed E-state index contributed by atoms with van der Waals surface area (Å²) in [4.78, 5) is 12.3. The van der Waals surface area contributed by atoms with E-state index in [9.17, 15) is 30.8 Å². The first kappa shape index (κ1) is 24.9. The van der Waals surface area contributed by atoms with E-state index >= 15 is 0 Å². The lowest BCUT2D eigenvalue weighted by molar-refractivity contribution is -0.121. The summed E-state index contributed by atoms with van der Waals surface area (Å²) in [6.45, 7) is -1.72. The molecule has 0 saturated carbocycles. The summed E-state index contributed by atoms with van der Waals surface area (Å²) < 4.78 is 77.8. The van der Waals surface area contributed by atoms with Gasteiger partial charge in [0.1, 0.15) is 18.1 Å². The molecule has 3 aromatic rings. The summed E-state index contributed by atoms with van der Waals surface area (Å²) >= 11 is 5.87. The molecule has 0 fully saturated rings. The average Bonchev–Trinajstić information content (AvgIpc) is 2.75. The standard InChI is InChI=1S/C23H18ClF4NO3S/c24-18-6-9-22(25)17(10-18)12-19(30)11-16-13-20(33(31,32)29-14-23(26,27)28)7-8-21(16)15-4-2-1-3-5-15/h1-10,13,29H,11-12,14H2. The highest BCUT2D eigenvalue weighted by molar-refractivity contribution is 7.89. The Morgan fingerprint density at radius 2 is 1.58 bits per heavy atom. The Hall–Kier alpha value is -2.75. The summed E-state index contributed by atoms with van der Waals surface area (Å²) in [6.07, 6.45) is -5.28. The smallest absolute Gasteiger partial charge is 0.299 e. The molecule has 4 nitrogen and oxygen atoms in total. The predicted octanol–water partition coefficient (Wildman–Crippen LogP) is 5.34. The quantitative estimate of drug-likeness (QED) is 0.425. The molecule has 0 bridgehead atoms. The van der Waals surface area contributed by atoms with E-state index in [-0.39, 0.29) is 29.0 Å². The van der Waals surface area contributed by atoms with Crippen molar-refractivity contribution in [3.63, 3.8) is 0 Å². The van der Waals surface area contributed by atoms with Crippen molar-refractivity contribution < 1.29 is 30.8 Å². The van der Waals surface area contributed by atoms with Crippen molar-refractivity contribution in [2.45, 2.75) is 23.9 Å². The highest BCUT2D eigenvalue weighted by Crippen LogP contribution is 2.28. The van der Waals surface area contributed by atoms with E-state index in [2.05, 4.69) is 0 Å². The average molecular weight is 500 g/mol. The molecular weight excluding hydrogens is 482 g/mol. The van der Waals surface area contributed by atoms with Crippen molar-refractivity contribution >= 4 is 27.4 Å². The van der Waals surface area contributed by atoms with Crippen molar-refractivity contribution in [3.05, 3.63) is 88.7 Å². The number of benzene rings is 3. The van der Waals surface area contributed by atoms with Crippen LogP contribution in [0.3, 0.4) is 0 Å². The van der Waals surface area contributed by atoms with Gasteiger partial charge in [-0.25, -0.2) is 17.5 Å². The zero-order valence-corrected chi connectivity index (χ0v) is 18.6. The number of sulfonamides is 1. The lowest BCUT2D eigenvalue weighted by Crippen LogP contribution is -2.33. The molecule has 0 amide bonds. The molecule has 0 spiro atoms. The van der Waals surface area contributed by atoms with Gasteiger partial charge in [-0.3, -0.25) is 4.79 Å². The lowest BCUT2D eigenvalue weighted by atomic mass is 9.94. The van der Waals surface area contributed by atoms with Crippen LogP contribution in [0.2, 0.25) is 5.02 Å². The van der Waals surface area contributed by atoms with Crippen LogP contribution in [0.1, 0.15) is 11.1 Å². The van der Waals surface area contributed by atoms with Crippen LogP contribution in [0.25, 0.3) is 11.1 Å². The summed E-state index contributed by atoms with van der Waals surface area (Å²) in [7, 11) is -4.48. The number of carbonyl (C=O) groups excluding carboxylic acids is 1. The van der Waals surface area contributed by atoms with Crippen LogP contribution in [0, 0.1) is 5.82 Å². The number of hydrogen-bond donors (Lipinski definition) is 1. The Labute approximate surface area is 193 Å². The van der Waals surface area contributed by atoms with Gasteiger partial charge in [-0.1, -0.05) is 48.0 Å².